The summed E-state index contributed by atoms with van der Waals surface area (Å²) in [5.74, 6) is -0.0767. The number of carbonyl (C=O) groups excluding carboxylic acids is 1. The zero-order valence-corrected chi connectivity index (χ0v) is 9.88. The van der Waals surface area contributed by atoms with Gasteiger partial charge in [0.2, 0.25) is 5.91 Å². The van der Waals surface area contributed by atoms with Crippen LogP contribution >= 0.6 is 0 Å². The molecule has 0 saturated carbocycles. The molecule has 4 heteroatoms. The summed E-state index contributed by atoms with van der Waals surface area (Å²) in [5, 5.41) is 11.4. The number of aliphatic hydroxyl groups excluding tert-OH is 1. The van der Waals surface area contributed by atoms with E-state index in [4.69, 9.17) is 10.8 Å². The molecular formula is C11H24N2O2. The summed E-state index contributed by atoms with van der Waals surface area (Å²) in [6, 6.07) is 0. The standard InChI is InChI=1S/C11H24N2O2/c1-3-11(2,12)10(15)13-8-6-4-5-7-9-14/h14H,3-9,12H2,1-2H3,(H,13,15). The van der Waals surface area contributed by atoms with Crippen molar-refractivity contribution in [3.63, 3.8) is 0 Å². The van der Waals surface area contributed by atoms with Crippen molar-refractivity contribution < 1.29 is 9.90 Å². The van der Waals surface area contributed by atoms with E-state index in [1.54, 1.807) is 6.92 Å². The van der Waals surface area contributed by atoms with E-state index in [9.17, 15) is 4.79 Å². The largest absolute Gasteiger partial charge is 0.396 e. The Morgan fingerprint density at radius 3 is 2.47 bits per heavy atom. The minimum Gasteiger partial charge on any atom is -0.396 e. The average molecular weight is 216 g/mol. The molecule has 1 atom stereocenters. The summed E-state index contributed by atoms with van der Waals surface area (Å²) in [7, 11) is 0. The SMILES string of the molecule is CCC(C)(N)C(=O)NCCCCCCO. The quantitative estimate of drug-likeness (QED) is 0.525. The van der Waals surface area contributed by atoms with Crippen molar-refractivity contribution >= 4 is 5.91 Å². The van der Waals surface area contributed by atoms with Gasteiger partial charge in [-0.1, -0.05) is 19.8 Å². The van der Waals surface area contributed by atoms with Crippen LogP contribution in [-0.2, 0) is 4.79 Å². The number of hydrogen-bond acceptors (Lipinski definition) is 3. The topological polar surface area (TPSA) is 75.4 Å². The molecule has 0 bridgehead atoms. The highest BCUT2D eigenvalue weighted by Gasteiger charge is 2.24. The van der Waals surface area contributed by atoms with Crippen molar-refractivity contribution in [1.82, 2.24) is 5.32 Å². The van der Waals surface area contributed by atoms with Crippen molar-refractivity contribution in [3.8, 4) is 0 Å². The predicted octanol–water partition coefficient (Wildman–Crippen LogP) is 0.783. The lowest BCUT2D eigenvalue weighted by Crippen LogP contribution is -2.51. The van der Waals surface area contributed by atoms with Gasteiger partial charge in [0.1, 0.15) is 0 Å². The van der Waals surface area contributed by atoms with Crippen LogP contribution in [0.1, 0.15) is 46.0 Å². The van der Waals surface area contributed by atoms with Crippen LogP contribution in [0.4, 0.5) is 0 Å². The summed E-state index contributed by atoms with van der Waals surface area (Å²) in [4.78, 5) is 11.5. The molecule has 0 radical (unpaired) electrons. The van der Waals surface area contributed by atoms with Crippen LogP contribution in [0.3, 0.4) is 0 Å². The zero-order chi connectivity index (χ0) is 11.7. The molecule has 0 aliphatic rings. The van der Waals surface area contributed by atoms with Gasteiger partial charge in [0, 0.05) is 13.2 Å². The van der Waals surface area contributed by atoms with Gasteiger partial charge in [-0.05, 0) is 26.2 Å². The fourth-order valence-electron chi connectivity index (χ4n) is 1.15. The molecule has 90 valence electrons. The van der Waals surface area contributed by atoms with Crippen LogP contribution < -0.4 is 11.1 Å². The number of nitrogens with one attached hydrogen (secondary N) is 1. The third-order valence-corrected chi connectivity index (χ3v) is 2.62. The van der Waals surface area contributed by atoms with E-state index in [1.807, 2.05) is 6.92 Å². The Balaban J connectivity index is 3.47. The highest BCUT2D eigenvalue weighted by molar-refractivity contribution is 5.85. The van der Waals surface area contributed by atoms with Gasteiger partial charge >= 0.3 is 0 Å². The van der Waals surface area contributed by atoms with Crippen molar-refractivity contribution in [2.24, 2.45) is 5.73 Å². The molecule has 0 saturated heterocycles. The van der Waals surface area contributed by atoms with Crippen molar-refractivity contribution in [2.75, 3.05) is 13.2 Å². The molecule has 0 aliphatic carbocycles. The molecule has 1 unspecified atom stereocenters. The van der Waals surface area contributed by atoms with Crippen LogP contribution in [0, 0.1) is 0 Å². The highest BCUT2D eigenvalue weighted by Crippen LogP contribution is 2.04. The number of rotatable bonds is 8. The molecular weight excluding hydrogens is 192 g/mol. The lowest BCUT2D eigenvalue weighted by Gasteiger charge is -2.21. The number of hydrogen-bond donors (Lipinski definition) is 3. The lowest BCUT2D eigenvalue weighted by molar-refractivity contribution is -0.125. The van der Waals surface area contributed by atoms with Gasteiger partial charge in [0.25, 0.3) is 0 Å². The van der Waals surface area contributed by atoms with Gasteiger partial charge in [-0.2, -0.15) is 0 Å². The smallest absolute Gasteiger partial charge is 0.239 e. The number of nitrogens with two attached hydrogens (primary N) is 1. The first-order valence-corrected chi connectivity index (χ1v) is 5.72. The second-order valence-corrected chi connectivity index (χ2v) is 4.16. The second-order valence-electron chi connectivity index (χ2n) is 4.16. The van der Waals surface area contributed by atoms with E-state index in [0.717, 1.165) is 25.7 Å². The summed E-state index contributed by atoms with van der Waals surface area (Å²) >= 11 is 0. The van der Waals surface area contributed by atoms with Gasteiger partial charge in [-0.15, -0.1) is 0 Å². The molecule has 0 rings (SSSR count). The van der Waals surface area contributed by atoms with Gasteiger partial charge in [-0.3, -0.25) is 4.79 Å². The Bertz CT molecular complexity index is 181. The molecule has 15 heavy (non-hydrogen) atoms. The normalized spacial score (nSPS) is 14.7. The van der Waals surface area contributed by atoms with Crippen LogP contribution in [0.5, 0.6) is 0 Å². The summed E-state index contributed by atoms with van der Waals surface area (Å²) < 4.78 is 0. The average Bonchev–Trinajstić information content (AvgIpc) is 2.22. The number of aliphatic hydroxyl groups is 1. The van der Waals surface area contributed by atoms with E-state index in [2.05, 4.69) is 5.32 Å². The van der Waals surface area contributed by atoms with Crippen LogP contribution in [0.2, 0.25) is 0 Å². The summed E-state index contributed by atoms with van der Waals surface area (Å²) in [5.41, 5.74) is 5.03. The van der Waals surface area contributed by atoms with Gasteiger partial charge in [0.05, 0.1) is 5.54 Å². The zero-order valence-electron chi connectivity index (χ0n) is 9.88. The molecule has 0 fully saturated rings. The van der Waals surface area contributed by atoms with Crippen LogP contribution in [0.15, 0.2) is 0 Å². The van der Waals surface area contributed by atoms with Crippen molar-refractivity contribution in [2.45, 2.75) is 51.5 Å². The maximum atomic E-state index is 11.5. The van der Waals surface area contributed by atoms with Crippen LogP contribution in [0.25, 0.3) is 0 Å². The highest BCUT2D eigenvalue weighted by atomic mass is 16.2. The number of amides is 1. The van der Waals surface area contributed by atoms with E-state index >= 15 is 0 Å². The molecule has 0 aromatic carbocycles. The Hall–Kier alpha value is -0.610. The minimum absolute atomic E-state index is 0.0767. The maximum absolute atomic E-state index is 11.5. The Labute approximate surface area is 92.2 Å². The fourth-order valence-corrected chi connectivity index (χ4v) is 1.15. The molecule has 0 aliphatic heterocycles. The Kier molecular flexibility index (Phi) is 7.34. The second kappa shape index (κ2) is 7.65. The molecule has 0 heterocycles. The molecule has 4 nitrogen and oxygen atoms in total. The van der Waals surface area contributed by atoms with Crippen molar-refractivity contribution in [1.29, 1.82) is 0 Å². The third-order valence-electron chi connectivity index (χ3n) is 2.62. The molecule has 4 N–H and O–H groups in total. The predicted molar refractivity (Wildman–Crippen MR) is 61.4 cm³/mol. The minimum atomic E-state index is -0.745. The molecule has 0 aromatic heterocycles. The number of unbranched alkanes of at least 4 members (excludes halogenated alkanes) is 3. The Morgan fingerprint density at radius 2 is 1.93 bits per heavy atom. The lowest BCUT2D eigenvalue weighted by atomic mass is 9.99. The first-order valence-electron chi connectivity index (χ1n) is 5.72. The summed E-state index contributed by atoms with van der Waals surface area (Å²) in [6.45, 7) is 4.58. The fraction of sp³-hybridized carbons (Fsp3) is 0.909. The van der Waals surface area contributed by atoms with Gasteiger partial charge < -0.3 is 16.2 Å². The first kappa shape index (κ1) is 14.4. The molecule has 1 amide bonds. The first-order chi connectivity index (χ1) is 7.04. The van der Waals surface area contributed by atoms with Crippen molar-refractivity contribution in [3.05, 3.63) is 0 Å². The van der Waals surface area contributed by atoms with E-state index in [1.165, 1.54) is 0 Å². The third kappa shape index (κ3) is 6.47. The summed E-state index contributed by atoms with van der Waals surface area (Å²) in [6.07, 6.45) is 4.49. The maximum Gasteiger partial charge on any atom is 0.239 e. The van der Waals surface area contributed by atoms with Crippen LogP contribution in [-0.4, -0.2) is 29.7 Å². The van der Waals surface area contributed by atoms with Gasteiger partial charge in [0.15, 0.2) is 0 Å². The number of carbonyl (C=O) groups is 1. The van der Waals surface area contributed by atoms with E-state index in [-0.39, 0.29) is 12.5 Å². The van der Waals surface area contributed by atoms with E-state index < -0.39 is 5.54 Å². The Morgan fingerprint density at radius 1 is 1.33 bits per heavy atom. The molecule has 0 aromatic rings. The molecule has 0 spiro atoms. The monoisotopic (exact) mass is 216 g/mol. The van der Waals surface area contributed by atoms with Gasteiger partial charge in [-0.25, -0.2) is 0 Å². The van der Waals surface area contributed by atoms with E-state index in [0.29, 0.717) is 13.0 Å².